The lowest BCUT2D eigenvalue weighted by molar-refractivity contribution is 0.220. The molecular weight excluding hydrogens is 364 g/mol. The van der Waals surface area contributed by atoms with Crippen LogP contribution in [0.1, 0.15) is 31.2 Å². The molecule has 1 aliphatic heterocycles. The lowest BCUT2D eigenvalue weighted by Crippen LogP contribution is -2.29. The molecule has 1 saturated heterocycles. The third kappa shape index (κ3) is 5.35. The topological polar surface area (TPSA) is 70.2 Å². The maximum Gasteiger partial charge on any atom is 0.347 e. The first-order valence-corrected chi connectivity index (χ1v) is 10.4. The zero-order valence-electron chi connectivity index (χ0n) is 16.7. The summed E-state index contributed by atoms with van der Waals surface area (Å²) in [5.74, 6) is 1.53. The van der Waals surface area contributed by atoms with Crippen molar-refractivity contribution in [2.75, 3.05) is 31.6 Å². The molecule has 6 heteroatoms. The summed E-state index contributed by atoms with van der Waals surface area (Å²) in [4.78, 5) is 21.0. The van der Waals surface area contributed by atoms with Crippen molar-refractivity contribution in [3.05, 3.63) is 64.6 Å². The molecule has 1 aromatic heterocycles. The number of rotatable bonds is 8. The standard InChI is InChI=1S/C23H28N4O2/c28-23-25-21-11-3-2-10-20(21)22(26-23)24-12-7-15-29-19-9-6-8-18(16-19)17-27-13-4-1-5-14-27/h2-3,6,8-11,16H,1,4-5,7,12-15,17H2,(H2,24,25,26,28). The van der Waals surface area contributed by atoms with E-state index in [0.717, 1.165) is 29.6 Å². The molecule has 1 fully saturated rings. The lowest BCUT2D eigenvalue weighted by Gasteiger charge is -2.26. The smallest absolute Gasteiger partial charge is 0.347 e. The number of aromatic amines is 1. The van der Waals surface area contributed by atoms with E-state index in [9.17, 15) is 4.79 Å². The summed E-state index contributed by atoms with van der Waals surface area (Å²) in [6, 6.07) is 16.1. The van der Waals surface area contributed by atoms with Crippen molar-refractivity contribution in [1.29, 1.82) is 0 Å². The maximum atomic E-state index is 11.7. The summed E-state index contributed by atoms with van der Waals surface area (Å²) in [5.41, 5.74) is 1.76. The molecule has 0 radical (unpaired) electrons. The Hall–Kier alpha value is -2.86. The number of anilines is 1. The molecule has 2 N–H and O–H groups in total. The summed E-state index contributed by atoms with van der Waals surface area (Å²) in [7, 11) is 0. The van der Waals surface area contributed by atoms with Crippen LogP contribution in [0.25, 0.3) is 10.9 Å². The Kier molecular flexibility index (Phi) is 6.42. The number of piperidine rings is 1. The van der Waals surface area contributed by atoms with Crippen molar-refractivity contribution >= 4 is 16.7 Å². The highest BCUT2D eigenvalue weighted by molar-refractivity contribution is 5.88. The van der Waals surface area contributed by atoms with Crippen molar-refractivity contribution in [1.82, 2.24) is 14.9 Å². The van der Waals surface area contributed by atoms with Gasteiger partial charge in [-0.3, -0.25) is 4.90 Å². The highest BCUT2D eigenvalue weighted by atomic mass is 16.5. The second-order valence-corrected chi connectivity index (χ2v) is 7.55. The summed E-state index contributed by atoms with van der Waals surface area (Å²) in [5, 5.41) is 4.18. The van der Waals surface area contributed by atoms with Crippen molar-refractivity contribution < 1.29 is 4.74 Å². The van der Waals surface area contributed by atoms with Gasteiger partial charge in [-0.05, 0) is 62.2 Å². The first-order valence-electron chi connectivity index (χ1n) is 10.4. The van der Waals surface area contributed by atoms with Gasteiger partial charge < -0.3 is 15.0 Å². The molecule has 0 atom stereocenters. The number of para-hydroxylation sites is 1. The van der Waals surface area contributed by atoms with Crippen molar-refractivity contribution in [2.45, 2.75) is 32.2 Å². The van der Waals surface area contributed by atoms with Crippen LogP contribution < -0.4 is 15.7 Å². The van der Waals surface area contributed by atoms with Gasteiger partial charge in [0.05, 0.1) is 12.1 Å². The highest BCUT2D eigenvalue weighted by Crippen LogP contribution is 2.19. The molecule has 3 aromatic rings. The number of aromatic nitrogens is 2. The van der Waals surface area contributed by atoms with E-state index < -0.39 is 0 Å². The van der Waals surface area contributed by atoms with Crippen LogP contribution in [-0.4, -0.2) is 41.1 Å². The Bertz CT molecular complexity index is 995. The number of H-pyrrole nitrogens is 1. The molecule has 4 rings (SSSR count). The van der Waals surface area contributed by atoms with Gasteiger partial charge in [0.2, 0.25) is 0 Å². The van der Waals surface area contributed by atoms with Gasteiger partial charge in [-0.1, -0.05) is 30.7 Å². The molecule has 2 heterocycles. The number of likely N-dealkylation sites (tertiary alicyclic amines) is 1. The van der Waals surface area contributed by atoms with Crippen LogP contribution >= 0.6 is 0 Å². The van der Waals surface area contributed by atoms with Crippen LogP contribution in [-0.2, 0) is 6.54 Å². The number of hydrogen-bond acceptors (Lipinski definition) is 5. The van der Waals surface area contributed by atoms with E-state index in [-0.39, 0.29) is 5.69 Å². The average molecular weight is 393 g/mol. The molecule has 6 nitrogen and oxygen atoms in total. The van der Waals surface area contributed by atoms with E-state index in [2.05, 4.69) is 38.4 Å². The normalized spacial score (nSPS) is 14.8. The van der Waals surface area contributed by atoms with E-state index in [1.165, 1.54) is 37.9 Å². The molecule has 0 unspecified atom stereocenters. The predicted octanol–water partition coefficient (Wildman–Crippen LogP) is 3.79. The molecule has 2 aromatic carbocycles. The minimum atomic E-state index is -0.340. The Morgan fingerprint density at radius 3 is 2.83 bits per heavy atom. The van der Waals surface area contributed by atoms with Gasteiger partial charge in [0.15, 0.2) is 0 Å². The van der Waals surface area contributed by atoms with Gasteiger partial charge in [0, 0.05) is 18.5 Å². The fraction of sp³-hybridized carbons (Fsp3) is 0.391. The second-order valence-electron chi connectivity index (χ2n) is 7.55. The van der Waals surface area contributed by atoms with Crippen LogP contribution in [0.3, 0.4) is 0 Å². The predicted molar refractivity (Wildman–Crippen MR) is 117 cm³/mol. The molecule has 0 aliphatic carbocycles. The zero-order chi connectivity index (χ0) is 19.9. The summed E-state index contributed by atoms with van der Waals surface area (Å²) >= 11 is 0. The molecule has 0 spiro atoms. The van der Waals surface area contributed by atoms with E-state index >= 15 is 0 Å². The number of nitrogens with one attached hydrogen (secondary N) is 2. The van der Waals surface area contributed by atoms with Crippen LogP contribution in [0.2, 0.25) is 0 Å². The number of ether oxygens (including phenoxy) is 1. The van der Waals surface area contributed by atoms with E-state index in [0.29, 0.717) is 19.0 Å². The molecule has 0 saturated carbocycles. The van der Waals surface area contributed by atoms with Crippen molar-refractivity contribution in [3.8, 4) is 5.75 Å². The van der Waals surface area contributed by atoms with Gasteiger partial charge in [0.1, 0.15) is 11.6 Å². The first kappa shape index (κ1) is 19.5. The number of hydrogen-bond donors (Lipinski definition) is 2. The minimum absolute atomic E-state index is 0.340. The van der Waals surface area contributed by atoms with Crippen LogP contribution in [0, 0.1) is 0 Å². The number of benzene rings is 2. The number of fused-ring (bicyclic) bond motifs is 1. The minimum Gasteiger partial charge on any atom is -0.494 e. The zero-order valence-corrected chi connectivity index (χ0v) is 16.7. The van der Waals surface area contributed by atoms with Gasteiger partial charge in [0.25, 0.3) is 0 Å². The van der Waals surface area contributed by atoms with Crippen molar-refractivity contribution in [2.24, 2.45) is 0 Å². The summed E-state index contributed by atoms with van der Waals surface area (Å²) in [6.07, 6.45) is 4.79. The molecule has 0 bridgehead atoms. The first-order chi connectivity index (χ1) is 14.3. The molecule has 0 amide bonds. The monoisotopic (exact) mass is 392 g/mol. The maximum absolute atomic E-state index is 11.7. The lowest BCUT2D eigenvalue weighted by atomic mass is 10.1. The van der Waals surface area contributed by atoms with Crippen LogP contribution in [0.5, 0.6) is 5.75 Å². The summed E-state index contributed by atoms with van der Waals surface area (Å²) < 4.78 is 5.94. The molecular formula is C23H28N4O2. The summed E-state index contributed by atoms with van der Waals surface area (Å²) in [6.45, 7) is 4.69. The third-order valence-electron chi connectivity index (χ3n) is 5.27. The fourth-order valence-corrected chi connectivity index (χ4v) is 3.82. The van der Waals surface area contributed by atoms with E-state index in [1.807, 2.05) is 30.3 Å². The Labute approximate surface area is 170 Å². The largest absolute Gasteiger partial charge is 0.494 e. The Balaban J connectivity index is 1.26. The third-order valence-corrected chi connectivity index (χ3v) is 5.27. The van der Waals surface area contributed by atoms with E-state index in [1.54, 1.807) is 0 Å². The quantitative estimate of drug-likeness (QED) is 0.571. The Morgan fingerprint density at radius 1 is 1.07 bits per heavy atom. The second kappa shape index (κ2) is 9.56. The molecule has 152 valence electrons. The fourth-order valence-electron chi connectivity index (χ4n) is 3.82. The Morgan fingerprint density at radius 2 is 1.93 bits per heavy atom. The molecule has 1 aliphatic rings. The highest BCUT2D eigenvalue weighted by Gasteiger charge is 2.10. The van der Waals surface area contributed by atoms with Gasteiger partial charge >= 0.3 is 5.69 Å². The SMILES string of the molecule is O=c1nc(NCCCOc2cccc(CN3CCCCC3)c2)c2ccccc2[nH]1. The van der Waals surface area contributed by atoms with Crippen molar-refractivity contribution in [3.63, 3.8) is 0 Å². The van der Waals surface area contributed by atoms with Gasteiger partial charge in [-0.2, -0.15) is 4.98 Å². The average Bonchev–Trinajstić information content (AvgIpc) is 2.74. The van der Waals surface area contributed by atoms with Crippen LogP contribution in [0.15, 0.2) is 53.3 Å². The van der Waals surface area contributed by atoms with Crippen LogP contribution in [0.4, 0.5) is 5.82 Å². The van der Waals surface area contributed by atoms with Gasteiger partial charge in [-0.15, -0.1) is 0 Å². The molecule has 29 heavy (non-hydrogen) atoms. The van der Waals surface area contributed by atoms with E-state index in [4.69, 9.17) is 4.74 Å². The number of nitrogens with zero attached hydrogens (tertiary/aromatic N) is 2. The van der Waals surface area contributed by atoms with Gasteiger partial charge in [-0.25, -0.2) is 4.79 Å².